The summed E-state index contributed by atoms with van der Waals surface area (Å²) in [6.45, 7) is 9.01. The molecular formula is C32H46N2O4. The highest BCUT2D eigenvalue weighted by atomic mass is 16.3. The van der Waals surface area contributed by atoms with E-state index in [-0.39, 0.29) is 40.6 Å². The van der Waals surface area contributed by atoms with Crippen molar-refractivity contribution in [2.24, 2.45) is 46.3 Å². The lowest BCUT2D eigenvalue weighted by Crippen LogP contribution is -2.62. The Bertz CT molecular complexity index is 1260. The third kappa shape index (κ3) is 4.00. The average Bonchev–Trinajstić information content (AvgIpc) is 3.22. The summed E-state index contributed by atoms with van der Waals surface area (Å²) in [6.07, 6.45) is 6.99. The Kier molecular flexibility index (Phi) is 6.56. The van der Waals surface area contributed by atoms with Crippen LogP contribution < -0.4 is 5.56 Å². The summed E-state index contributed by atoms with van der Waals surface area (Å²) in [5.41, 5.74) is 1.67. The first kappa shape index (κ1) is 26.5. The number of aliphatic hydroxyl groups is 3. The quantitative estimate of drug-likeness (QED) is 0.463. The molecule has 0 radical (unpaired) electrons. The zero-order valence-corrected chi connectivity index (χ0v) is 23.5. The minimum atomic E-state index is -0.375. The van der Waals surface area contributed by atoms with E-state index in [1.54, 1.807) is 0 Å². The van der Waals surface area contributed by atoms with Gasteiger partial charge in [0, 0.05) is 6.42 Å². The van der Waals surface area contributed by atoms with Crippen LogP contribution >= 0.6 is 0 Å². The maximum absolute atomic E-state index is 12.6. The molecule has 4 saturated carbocycles. The molecule has 1 heterocycles. The van der Waals surface area contributed by atoms with E-state index in [2.05, 4.69) is 25.8 Å². The highest BCUT2D eigenvalue weighted by Gasteiger charge is 2.65. The Labute approximate surface area is 226 Å². The van der Waals surface area contributed by atoms with Crippen molar-refractivity contribution in [2.45, 2.75) is 104 Å². The SMILES string of the molecule is Cc1ccc2c(=O)[nH]c(CC[C@@H](C)[C@H]3CC[C@H]4[C@H]5C(C[C@H](O)[C@]34C)[C@@]3(C)CC[C@@H](O)C[C@H]3C[C@H]5O)nc2c1. The van der Waals surface area contributed by atoms with E-state index in [0.717, 1.165) is 68.3 Å². The highest BCUT2D eigenvalue weighted by Crippen LogP contribution is 2.68. The molecule has 2 aromatic rings. The van der Waals surface area contributed by atoms with Gasteiger partial charge in [0.15, 0.2) is 0 Å². The van der Waals surface area contributed by atoms with Crippen molar-refractivity contribution in [2.75, 3.05) is 0 Å². The molecule has 208 valence electrons. The van der Waals surface area contributed by atoms with Crippen molar-refractivity contribution in [1.82, 2.24) is 9.97 Å². The third-order valence-electron chi connectivity index (χ3n) is 12.3. The van der Waals surface area contributed by atoms with Crippen LogP contribution in [0.4, 0.5) is 0 Å². The number of nitrogens with zero attached hydrogens (tertiary/aromatic N) is 1. The highest BCUT2D eigenvalue weighted by molar-refractivity contribution is 5.78. The molecule has 4 aliphatic rings. The molecule has 0 saturated heterocycles. The van der Waals surface area contributed by atoms with Gasteiger partial charge in [0.25, 0.3) is 5.56 Å². The van der Waals surface area contributed by atoms with Crippen molar-refractivity contribution < 1.29 is 15.3 Å². The van der Waals surface area contributed by atoms with Gasteiger partial charge in [-0.3, -0.25) is 4.79 Å². The number of aryl methyl sites for hydroxylation is 2. The van der Waals surface area contributed by atoms with E-state index < -0.39 is 0 Å². The molecule has 4 N–H and O–H groups in total. The zero-order chi connectivity index (χ0) is 27.0. The van der Waals surface area contributed by atoms with Gasteiger partial charge in [-0.05, 0) is 122 Å². The van der Waals surface area contributed by atoms with Gasteiger partial charge in [0.2, 0.25) is 0 Å². The first-order valence-corrected chi connectivity index (χ1v) is 15.1. The van der Waals surface area contributed by atoms with Gasteiger partial charge in [0.05, 0.1) is 29.2 Å². The molecule has 1 aromatic carbocycles. The molecule has 38 heavy (non-hydrogen) atoms. The Morgan fingerprint density at radius 2 is 1.87 bits per heavy atom. The normalized spacial score (nSPS) is 43.3. The number of H-pyrrole nitrogens is 1. The van der Waals surface area contributed by atoms with Crippen LogP contribution in [0.15, 0.2) is 23.0 Å². The summed E-state index contributed by atoms with van der Waals surface area (Å²) in [5.74, 6) is 2.72. The molecule has 1 aromatic heterocycles. The smallest absolute Gasteiger partial charge is 0.258 e. The van der Waals surface area contributed by atoms with Gasteiger partial charge in [-0.15, -0.1) is 0 Å². The largest absolute Gasteiger partial charge is 0.393 e. The fraction of sp³-hybridized carbons (Fsp3) is 0.750. The van der Waals surface area contributed by atoms with Crippen LogP contribution in [0.1, 0.15) is 83.5 Å². The molecule has 6 nitrogen and oxygen atoms in total. The Morgan fingerprint density at radius 1 is 1.08 bits per heavy atom. The lowest BCUT2D eigenvalue weighted by Gasteiger charge is -2.63. The Balaban J connectivity index is 1.21. The van der Waals surface area contributed by atoms with Crippen LogP contribution in [0.5, 0.6) is 0 Å². The number of aromatic nitrogens is 2. The van der Waals surface area contributed by atoms with E-state index in [1.807, 2.05) is 25.1 Å². The molecule has 1 unspecified atom stereocenters. The fourth-order valence-electron chi connectivity index (χ4n) is 10.1. The lowest BCUT2D eigenvalue weighted by molar-refractivity contribution is -0.207. The van der Waals surface area contributed by atoms with Gasteiger partial charge in [0.1, 0.15) is 5.82 Å². The number of rotatable bonds is 4. The van der Waals surface area contributed by atoms with Gasteiger partial charge >= 0.3 is 0 Å². The second kappa shape index (κ2) is 9.42. The van der Waals surface area contributed by atoms with Crippen molar-refractivity contribution in [3.05, 3.63) is 39.9 Å². The number of hydrogen-bond donors (Lipinski definition) is 4. The van der Waals surface area contributed by atoms with E-state index in [4.69, 9.17) is 4.98 Å². The number of nitrogens with one attached hydrogen (secondary N) is 1. The maximum atomic E-state index is 12.6. The summed E-state index contributed by atoms with van der Waals surface area (Å²) < 4.78 is 0. The average molecular weight is 523 g/mol. The molecule has 6 heteroatoms. The number of hydrogen-bond acceptors (Lipinski definition) is 5. The van der Waals surface area contributed by atoms with Crippen LogP contribution in [0, 0.1) is 53.3 Å². The minimum Gasteiger partial charge on any atom is -0.393 e. The molecule has 4 fully saturated rings. The Hall–Kier alpha value is -1.76. The first-order chi connectivity index (χ1) is 18.0. The molecular weight excluding hydrogens is 476 g/mol. The van der Waals surface area contributed by atoms with E-state index >= 15 is 0 Å². The second-order valence-electron chi connectivity index (χ2n) is 14.1. The fourth-order valence-corrected chi connectivity index (χ4v) is 10.1. The zero-order valence-electron chi connectivity index (χ0n) is 23.5. The predicted molar refractivity (Wildman–Crippen MR) is 149 cm³/mol. The molecule has 0 spiro atoms. The number of benzene rings is 1. The number of fused-ring (bicyclic) bond motifs is 6. The summed E-state index contributed by atoms with van der Waals surface area (Å²) in [4.78, 5) is 20.4. The van der Waals surface area contributed by atoms with Gasteiger partial charge < -0.3 is 20.3 Å². The van der Waals surface area contributed by atoms with Crippen molar-refractivity contribution in [1.29, 1.82) is 0 Å². The van der Waals surface area contributed by atoms with Crippen molar-refractivity contribution >= 4 is 10.9 Å². The molecule has 11 atom stereocenters. The topological polar surface area (TPSA) is 106 Å². The van der Waals surface area contributed by atoms with Gasteiger partial charge in [-0.1, -0.05) is 26.8 Å². The van der Waals surface area contributed by atoms with Crippen LogP contribution in [-0.2, 0) is 6.42 Å². The second-order valence-corrected chi connectivity index (χ2v) is 14.1. The summed E-state index contributed by atoms with van der Waals surface area (Å²) >= 11 is 0. The number of aliphatic hydroxyl groups excluding tert-OH is 3. The summed E-state index contributed by atoms with van der Waals surface area (Å²) in [5, 5.41) is 34.3. The summed E-state index contributed by atoms with van der Waals surface area (Å²) in [7, 11) is 0. The monoisotopic (exact) mass is 522 g/mol. The van der Waals surface area contributed by atoms with Crippen molar-refractivity contribution in [3.8, 4) is 0 Å². The molecule has 4 aliphatic carbocycles. The molecule has 0 aliphatic heterocycles. The first-order valence-electron chi connectivity index (χ1n) is 15.1. The minimum absolute atomic E-state index is 0.0763. The predicted octanol–water partition coefficient (Wildman–Crippen LogP) is 4.76. The standard InChI is InChI=1S/C32H46N2O4/c1-17-5-7-21-25(13-17)33-28(34-30(21)38)10-6-18(2)22-8-9-23-29-24(16-27(37)32(22,23)4)31(3)12-11-20(35)14-19(31)15-26(29)36/h5,7,13,18-20,22-24,26-27,29,35-37H,6,8-12,14-16H2,1-4H3,(H,33,34,38)/t18-,19+,20-,22-,23+,24?,26-,27+,29+,31+,32-/m1/s1. The third-order valence-corrected chi connectivity index (χ3v) is 12.3. The lowest BCUT2D eigenvalue weighted by atomic mass is 9.43. The van der Waals surface area contributed by atoms with Crippen LogP contribution in [0.25, 0.3) is 10.9 Å². The van der Waals surface area contributed by atoms with Crippen LogP contribution in [0.3, 0.4) is 0 Å². The molecule has 6 rings (SSSR count). The van der Waals surface area contributed by atoms with E-state index in [0.29, 0.717) is 41.4 Å². The van der Waals surface area contributed by atoms with Gasteiger partial charge in [-0.25, -0.2) is 4.98 Å². The van der Waals surface area contributed by atoms with Crippen LogP contribution in [0.2, 0.25) is 0 Å². The summed E-state index contributed by atoms with van der Waals surface area (Å²) in [6, 6.07) is 5.76. The maximum Gasteiger partial charge on any atom is 0.258 e. The molecule has 0 amide bonds. The number of aromatic amines is 1. The van der Waals surface area contributed by atoms with Crippen LogP contribution in [-0.4, -0.2) is 43.6 Å². The van der Waals surface area contributed by atoms with E-state index in [9.17, 15) is 20.1 Å². The molecule has 0 bridgehead atoms. The van der Waals surface area contributed by atoms with Crippen molar-refractivity contribution in [3.63, 3.8) is 0 Å². The van der Waals surface area contributed by atoms with E-state index in [1.165, 1.54) is 0 Å². The van der Waals surface area contributed by atoms with Gasteiger partial charge in [-0.2, -0.15) is 0 Å². The Morgan fingerprint density at radius 3 is 2.66 bits per heavy atom.